The topological polar surface area (TPSA) is 92.9 Å². The van der Waals surface area contributed by atoms with Crippen LogP contribution < -0.4 is 15.4 Å². The number of hydrogen-bond acceptors (Lipinski definition) is 5. The molecule has 2 saturated heterocycles. The summed E-state index contributed by atoms with van der Waals surface area (Å²) < 4.78 is 5.32. The van der Waals surface area contributed by atoms with Crippen LogP contribution in [0, 0.1) is 12.8 Å². The average molecular weight is 345 g/mol. The number of carbonyl (C=O) groups is 3. The zero-order valence-corrected chi connectivity index (χ0v) is 14.5. The minimum atomic E-state index is -0.480. The molecule has 1 atom stereocenters. The van der Waals surface area contributed by atoms with E-state index in [0.717, 1.165) is 5.56 Å². The zero-order chi connectivity index (χ0) is 18.1. The van der Waals surface area contributed by atoms with Gasteiger partial charge in [0, 0.05) is 5.92 Å². The quantitative estimate of drug-likeness (QED) is 0.816. The standard InChI is InChI=1S/C18H23N3O4/c1-11-3-4-15(25-2)13(9-11)21-16(22)10-14(18(21)24)20-7-5-12(6-8-20)17(19)23/h3-4,9,12,14H,5-8,10H2,1-2H3,(H2,19,23). The summed E-state index contributed by atoms with van der Waals surface area (Å²) in [5, 5.41) is 0. The number of imide groups is 1. The van der Waals surface area contributed by atoms with Crippen molar-refractivity contribution in [1.29, 1.82) is 0 Å². The van der Waals surface area contributed by atoms with E-state index in [-0.39, 0.29) is 30.1 Å². The fourth-order valence-corrected chi connectivity index (χ4v) is 3.62. The van der Waals surface area contributed by atoms with E-state index in [1.165, 1.54) is 12.0 Å². The number of methoxy groups -OCH3 is 1. The van der Waals surface area contributed by atoms with Gasteiger partial charge in [0.15, 0.2) is 0 Å². The third-order valence-electron chi connectivity index (χ3n) is 5.07. The van der Waals surface area contributed by atoms with Gasteiger partial charge in [0.1, 0.15) is 5.75 Å². The molecule has 0 spiro atoms. The summed E-state index contributed by atoms with van der Waals surface area (Å²) in [6.45, 7) is 3.09. The minimum Gasteiger partial charge on any atom is -0.495 e. The number of nitrogens with zero attached hydrogens (tertiary/aromatic N) is 2. The fraction of sp³-hybridized carbons (Fsp3) is 0.500. The predicted octanol–water partition coefficient (Wildman–Crippen LogP) is 0.833. The maximum atomic E-state index is 12.9. The van der Waals surface area contributed by atoms with Crippen molar-refractivity contribution in [3.05, 3.63) is 23.8 Å². The summed E-state index contributed by atoms with van der Waals surface area (Å²) in [7, 11) is 1.52. The molecule has 25 heavy (non-hydrogen) atoms. The van der Waals surface area contributed by atoms with Gasteiger partial charge in [-0.15, -0.1) is 0 Å². The second-order valence-electron chi connectivity index (χ2n) is 6.68. The number of rotatable bonds is 4. The normalized spacial score (nSPS) is 22.5. The van der Waals surface area contributed by atoms with Crippen molar-refractivity contribution >= 4 is 23.4 Å². The first kappa shape index (κ1) is 17.4. The van der Waals surface area contributed by atoms with Crippen LogP contribution in [0.25, 0.3) is 0 Å². The molecule has 0 saturated carbocycles. The van der Waals surface area contributed by atoms with Gasteiger partial charge in [-0.3, -0.25) is 19.3 Å². The Morgan fingerprint density at radius 1 is 1.24 bits per heavy atom. The van der Waals surface area contributed by atoms with Gasteiger partial charge < -0.3 is 10.5 Å². The van der Waals surface area contributed by atoms with E-state index >= 15 is 0 Å². The van der Waals surface area contributed by atoms with Crippen molar-refractivity contribution in [2.75, 3.05) is 25.1 Å². The summed E-state index contributed by atoms with van der Waals surface area (Å²) >= 11 is 0. The number of nitrogens with two attached hydrogens (primary N) is 1. The second kappa shape index (κ2) is 6.84. The summed E-state index contributed by atoms with van der Waals surface area (Å²) in [5.74, 6) is -0.390. The third-order valence-corrected chi connectivity index (χ3v) is 5.07. The second-order valence-corrected chi connectivity index (χ2v) is 6.68. The van der Waals surface area contributed by atoms with E-state index in [1.54, 1.807) is 12.1 Å². The van der Waals surface area contributed by atoms with Crippen LogP contribution in [0.2, 0.25) is 0 Å². The summed E-state index contributed by atoms with van der Waals surface area (Å²) in [5.41, 5.74) is 6.80. The van der Waals surface area contributed by atoms with Gasteiger partial charge >= 0.3 is 0 Å². The van der Waals surface area contributed by atoms with E-state index in [4.69, 9.17) is 10.5 Å². The van der Waals surface area contributed by atoms with Gasteiger partial charge in [0.05, 0.1) is 25.3 Å². The Balaban J connectivity index is 1.80. The molecule has 0 bridgehead atoms. The first-order chi connectivity index (χ1) is 11.9. The molecule has 3 rings (SSSR count). The van der Waals surface area contributed by atoms with Crippen LogP contribution in [0.4, 0.5) is 5.69 Å². The fourth-order valence-electron chi connectivity index (χ4n) is 3.62. The molecule has 2 aliphatic rings. The predicted molar refractivity (Wildman–Crippen MR) is 92.1 cm³/mol. The third kappa shape index (κ3) is 3.24. The van der Waals surface area contributed by atoms with Gasteiger partial charge in [-0.25, -0.2) is 4.90 Å². The van der Waals surface area contributed by atoms with E-state index in [1.807, 2.05) is 17.9 Å². The minimum absolute atomic E-state index is 0.142. The summed E-state index contributed by atoms with van der Waals surface area (Å²) in [6.07, 6.45) is 1.40. The van der Waals surface area contributed by atoms with Crippen LogP contribution in [0.3, 0.4) is 0 Å². The average Bonchev–Trinajstić information content (AvgIpc) is 2.89. The first-order valence-electron chi connectivity index (χ1n) is 8.47. The van der Waals surface area contributed by atoms with E-state index < -0.39 is 6.04 Å². The van der Waals surface area contributed by atoms with Crippen molar-refractivity contribution in [1.82, 2.24) is 4.90 Å². The van der Waals surface area contributed by atoms with Gasteiger partial charge in [0.25, 0.3) is 5.91 Å². The molecule has 134 valence electrons. The molecule has 2 N–H and O–H groups in total. The van der Waals surface area contributed by atoms with Gasteiger partial charge in [0.2, 0.25) is 11.8 Å². The monoisotopic (exact) mass is 345 g/mol. The highest BCUT2D eigenvalue weighted by molar-refractivity contribution is 6.23. The molecule has 0 aromatic heterocycles. The molecular formula is C18H23N3O4. The number of ether oxygens (including phenoxy) is 1. The molecule has 0 radical (unpaired) electrons. The van der Waals surface area contributed by atoms with Crippen molar-refractivity contribution in [3.63, 3.8) is 0 Å². The van der Waals surface area contributed by atoms with Crippen molar-refractivity contribution in [2.24, 2.45) is 11.7 Å². The lowest BCUT2D eigenvalue weighted by molar-refractivity contribution is -0.124. The Labute approximate surface area is 146 Å². The number of anilines is 1. The molecule has 7 nitrogen and oxygen atoms in total. The van der Waals surface area contributed by atoms with Gasteiger partial charge in [-0.05, 0) is 50.6 Å². The number of amides is 3. The molecule has 1 aromatic carbocycles. The Hall–Kier alpha value is -2.41. The molecular weight excluding hydrogens is 322 g/mol. The Morgan fingerprint density at radius 3 is 2.52 bits per heavy atom. The molecule has 2 fully saturated rings. The van der Waals surface area contributed by atoms with Gasteiger partial charge in [-0.1, -0.05) is 6.07 Å². The maximum Gasteiger partial charge on any atom is 0.251 e. The lowest BCUT2D eigenvalue weighted by Crippen LogP contribution is -2.47. The van der Waals surface area contributed by atoms with E-state index in [2.05, 4.69) is 0 Å². The molecule has 3 amide bonds. The summed E-state index contributed by atoms with van der Waals surface area (Å²) in [4.78, 5) is 40.0. The first-order valence-corrected chi connectivity index (χ1v) is 8.47. The number of aryl methyl sites for hydroxylation is 1. The molecule has 2 aliphatic heterocycles. The summed E-state index contributed by atoms with van der Waals surface area (Å²) in [6, 6.07) is 4.94. The number of primary amides is 1. The Morgan fingerprint density at radius 2 is 1.92 bits per heavy atom. The van der Waals surface area contributed by atoms with E-state index in [9.17, 15) is 14.4 Å². The van der Waals surface area contributed by atoms with E-state index in [0.29, 0.717) is 37.4 Å². The molecule has 0 aliphatic carbocycles. The van der Waals surface area contributed by atoms with Crippen LogP contribution in [0.1, 0.15) is 24.8 Å². The van der Waals surface area contributed by atoms with Crippen molar-refractivity contribution in [3.8, 4) is 5.75 Å². The highest BCUT2D eigenvalue weighted by Crippen LogP contribution is 2.35. The zero-order valence-electron chi connectivity index (χ0n) is 14.5. The van der Waals surface area contributed by atoms with Crippen LogP contribution >= 0.6 is 0 Å². The SMILES string of the molecule is COc1ccc(C)cc1N1C(=O)CC(N2CCC(C(N)=O)CC2)C1=O. The van der Waals surface area contributed by atoms with Crippen LogP contribution in [0.5, 0.6) is 5.75 Å². The largest absolute Gasteiger partial charge is 0.495 e. The van der Waals surface area contributed by atoms with Crippen molar-refractivity contribution < 1.29 is 19.1 Å². The number of likely N-dealkylation sites (tertiary alicyclic amines) is 1. The molecule has 2 heterocycles. The number of piperidine rings is 1. The number of hydrogen-bond donors (Lipinski definition) is 1. The van der Waals surface area contributed by atoms with Crippen LogP contribution in [-0.2, 0) is 14.4 Å². The smallest absolute Gasteiger partial charge is 0.251 e. The number of benzene rings is 1. The Kier molecular flexibility index (Phi) is 4.76. The van der Waals surface area contributed by atoms with Gasteiger partial charge in [-0.2, -0.15) is 0 Å². The maximum absolute atomic E-state index is 12.9. The van der Waals surface area contributed by atoms with Crippen LogP contribution in [-0.4, -0.2) is 48.9 Å². The lowest BCUT2D eigenvalue weighted by Gasteiger charge is -2.33. The van der Waals surface area contributed by atoms with Crippen molar-refractivity contribution in [2.45, 2.75) is 32.2 Å². The lowest BCUT2D eigenvalue weighted by atomic mass is 9.95. The molecule has 1 unspecified atom stereocenters. The molecule has 1 aromatic rings. The highest BCUT2D eigenvalue weighted by Gasteiger charge is 2.44. The highest BCUT2D eigenvalue weighted by atomic mass is 16.5. The Bertz CT molecular complexity index is 710. The number of carbonyl (C=O) groups excluding carboxylic acids is 3. The molecule has 7 heteroatoms. The van der Waals surface area contributed by atoms with Crippen LogP contribution in [0.15, 0.2) is 18.2 Å².